The van der Waals surface area contributed by atoms with E-state index in [9.17, 15) is 22.2 Å². The Kier molecular flexibility index (Phi) is 6.99. The van der Waals surface area contributed by atoms with Gasteiger partial charge >= 0.3 is 12.1 Å². The first-order valence-corrected chi connectivity index (χ1v) is 11.8. The van der Waals surface area contributed by atoms with Crippen molar-refractivity contribution in [3.05, 3.63) is 54.1 Å². The summed E-state index contributed by atoms with van der Waals surface area (Å²) in [5, 5.41) is 0. The van der Waals surface area contributed by atoms with Crippen molar-refractivity contribution in [2.45, 2.75) is 43.5 Å². The lowest BCUT2D eigenvalue weighted by Crippen LogP contribution is -2.49. The Labute approximate surface area is 191 Å². The number of ether oxygens (including phenoxy) is 3. The van der Waals surface area contributed by atoms with Crippen molar-refractivity contribution in [1.29, 1.82) is 0 Å². The lowest BCUT2D eigenvalue weighted by Gasteiger charge is -2.40. The molecule has 0 aliphatic carbocycles. The van der Waals surface area contributed by atoms with Crippen LogP contribution in [0.5, 0.6) is 5.75 Å². The molecule has 1 heterocycles. The average molecular weight is 486 g/mol. The number of carbonyl (C=O) groups excluding carboxylic acids is 1. The van der Waals surface area contributed by atoms with E-state index in [2.05, 4.69) is 5.87 Å². The Morgan fingerprint density at radius 3 is 2.45 bits per heavy atom. The van der Waals surface area contributed by atoms with Crippen LogP contribution >= 0.6 is 0 Å². The number of rotatable bonds is 6. The van der Waals surface area contributed by atoms with Gasteiger partial charge in [0, 0.05) is 0 Å². The van der Waals surface area contributed by atoms with Gasteiger partial charge in [-0.25, -0.2) is 9.00 Å². The van der Waals surface area contributed by atoms with Crippen LogP contribution in [-0.4, -0.2) is 47.5 Å². The van der Waals surface area contributed by atoms with E-state index in [0.717, 1.165) is 12.1 Å². The predicted molar refractivity (Wildman–Crippen MR) is 120 cm³/mol. The number of fused-ring (bicyclic) bond motifs is 1. The summed E-state index contributed by atoms with van der Waals surface area (Å²) in [5.74, 6) is 3.50. The van der Waals surface area contributed by atoms with Crippen LogP contribution in [0, 0.1) is 0 Å². The molecule has 0 fully saturated rings. The van der Waals surface area contributed by atoms with Crippen LogP contribution < -0.4 is 9.04 Å². The summed E-state index contributed by atoms with van der Waals surface area (Å²) in [4.78, 5) is 11.5. The van der Waals surface area contributed by atoms with E-state index in [4.69, 9.17) is 14.2 Å². The molecular weight excluding hydrogens is 459 g/mol. The molecule has 0 radical (unpaired) electrons. The fourth-order valence-electron chi connectivity index (χ4n) is 3.46. The lowest BCUT2D eigenvalue weighted by atomic mass is 10.2. The Morgan fingerprint density at radius 2 is 1.79 bits per heavy atom. The molecule has 2 unspecified atom stereocenters. The highest BCUT2D eigenvalue weighted by Gasteiger charge is 2.40. The zero-order valence-corrected chi connectivity index (χ0v) is 19.4. The minimum atomic E-state index is -4.72. The number of hydrogen-bond acceptors (Lipinski definition) is 5. The molecule has 1 aliphatic heterocycles. The first-order valence-electron chi connectivity index (χ1n) is 10.1. The van der Waals surface area contributed by atoms with Crippen molar-refractivity contribution >= 4 is 27.2 Å². The Bertz CT molecular complexity index is 1110. The highest BCUT2D eigenvalue weighted by Crippen LogP contribution is 2.41. The minimum Gasteiger partial charge on any atom is -0.489 e. The van der Waals surface area contributed by atoms with Gasteiger partial charge in [-0.2, -0.15) is 13.2 Å². The number of nitrogens with zero attached hydrogens (tertiary/aromatic N) is 1. The summed E-state index contributed by atoms with van der Waals surface area (Å²) in [6.45, 7) is 4.61. The van der Waals surface area contributed by atoms with Gasteiger partial charge in [-0.15, -0.1) is 0 Å². The highest BCUT2D eigenvalue weighted by atomic mass is 32.2. The van der Waals surface area contributed by atoms with Crippen LogP contribution in [0.15, 0.2) is 53.4 Å². The number of halogens is 3. The maximum absolute atomic E-state index is 14.0. The zero-order chi connectivity index (χ0) is 24.4. The van der Waals surface area contributed by atoms with E-state index in [1.165, 1.54) is 16.4 Å². The van der Waals surface area contributed by atoms with E-state index < -0.39 is 44.0 Å². The van der Waals surface area contributed by atoms with Crippen molar-refractivity contribution < 1.29 is 36.4 Å². The molecule has 0 saturated heterocycles. The second-order valence-electron chi connectivity index (χ2n) is 8.49. The monoisotopic (exact) mass is 485 g/mol. The van der Waals surface area contributed by atoms with E-state index in [1.807, 2.05) is 0 Å². The summed E-state index contributed by atoms with van der Waals surface area (Å²) in [6, 6.07) is 10.5. The van der Waals surface area contributed by atoms with Gasteiger partial charge in [0.2, 0.25) is 0 Å². The number of esters is 1. The number of benzene rings is 2. The number of carbonyl (C=O) groups is 1. The van der Waals surface area contributed by atoms with Gasteiger partial charge < -0.3 is 14.2 Å². The van der Waals surface area contributed by atoms with Crippen molar-refractivity contribution in [3.8, 4) is 5.75 Å². The maximum Gasteiger partial charge on any atom is 0.417 e. The SMILES string of the molecule is C=S(=O)(c1ccccc1C(F)(F)F)N1c2ccccc2OCC1COCC(=O)OC(C)(C)C. The van der Waals surface area contributed by atoms with Crippen LogP contribution in [0.2, 0.25) is 0 Å². The van der Waals surface area contributed by atoms with E-state index in [0.29, 0.717) is 11.4 Å². The van der Waals surface area contributed by atoms with Gasteiger partial charge in [-0.3, -0.25) is 4.31 Å². The summed E-state index contributed by atoms with van der Waals surface area (Å²) in [5.41, 5.74) is -1.39. The summed E-state index contributed by atoms with van der Waals surface area (Å²) in [7, 11) is -3.68. The molecule has 0 saturated carbocycles. The second kappa shape index (κ2) is 9.26. The van der Waals surface area contributed by atoms with Gasteiger partial charge in [-0.1, -0.05) is 24.3 Å². The molecule has 10 heteroatoms. The third-order valence-corrected chi connectivity index (χ3v) is 6.84. The van der Waals surface area contributed by atoms with Gasteiger partial charge in [-0.05, 0) is 50.9 Å². The van der Waals surface area contributed by atoms with Gasteiger partial charge in [0.05, 0.1) is 32.5 Å². The number of para-hydroxylation sites is 2. The third kappa shape index (κ3) is 5.80. The highest BCUT2D eigenvalue weighted by molar-refractivity contribution is 8.01. The predicted octanol–water partition coefficient (Wildman–Crippen LogP) is 4.32. The lowest BCUT2D eigenvalue weighted by molar-refractivity contribution is -0.160. The first kappa shape index (κ1) is 24.9. The zero-order valence-electron chi connectivity index (χ0n) is 18.6. The maximum atomic E-state index is 14.0. The number of alkyl halides is 3. The Morgan fingerprint density at radius 1 is 1.15 bits per heavy atom. The fraction of sp³-hybridized carbons (Fsp3) is 0.391. The molecule has 2 aromatic rings. The summed E-state index contributed by atoms with van der Waals surface area (Å²) >= 11 is 0. The van der Waals surface area contributed by atoms with E-state index in [-0.39, 0.29) is 19.8 Å². The first-order chi connectivity index (χ1) is 15.3. The third-order valence-electron chi connectivity index (χ3n) is 4.67. The van der Waals surface area contributed by atoms with Crippen LogP contribution in [-0.2, 0) is 30.2 Å². The van der Waals surface area contributed by atoms with E-state index >= 15 is 0 Å². The molecular formula is C23H26F3NO5S. The minimum absolute atomic E-state index is 0.0218. The van der Waals surface area contributed by atoms with Gasteiger partial charge in [0.15, 0.2) is 0 Å². The van der Waals surface area contributed by atoms with Crippen LogP contribution in [0.1, 0.15) is 26.3 Å². The van der Waals surface area contributed by atoms with Crippen LogP contribution in [0.25, 0.3) is 0 Å². The van der Waals surface area contributed by atoms with Crippen molar-refractivity contribution in [2.24, 2.45) is 0 Å². The normalized spacial score (nSPS) is 18.1. The Balaban J connectivity index is 1.94. The topological polar surface area (TPSA) is 65.1 Å². The molecule has 2 aromatic carbocycles. The summed E-state index contributed by atoms with van der Waals surface area (Å²) < 4.78 is 72.8. The van der Waals surface area contributed by atoms with Crippen molar-refractivity contribution in [3.63, 3.8) is 0 Å². The van der Waals surface area contributed by atoms with Gasteiger partial charge in [0.25, 0.3) is 0 Å². The molecule has 0 spiro atoms. The second-order valence-corrected chi connectivity index (χ2v) is 10.6. The standard InChI is InChI=1S/C23H26F3NO5S/c1-22(2,3)32-21(28)15-30-13-16-14-31-19-11-7-6-10-18(19)27(16)33(4,29)20-12-8-5-9-17(20)23(24,25)26/h5-12,16H,4,13-15H2,1-3H3. The van der Waals surface area contributed by atoms with Crippen molar-refractivity contribution in [1.82, 2.24) is 0 Å². The molecule has 6 nitrogen and oxygen atoms in total. The van der Waals surface area contributed by atoms with Crippen LogP contribution in [0.3, 0.4) is 0 Å². The molecule has 180 valence electrons. The molecule has 0 aromatic heterocycles. The van der Waals surface area contributed by atoms with Crippen molar-refractivity contribution in [2.75, 3.05) is 24.1 Å². The smallest absolute Gasteiger partial charge is 0.417 e. The van der Waals surface area contributed by atoms with Crippen LogP contribution in [0.4, 0.5) is 18.9 Å². The number of anilines is 1. The molecule has 1 aliphatic rings. The molecule has 0 N–H and O–H groups in total. The average Bonchev–Trinajstić information content (AvgIpc) is 2.71. The number of hydrogen-bond donors (Lipinski definition) is 0. The molecule has 0 amide bonds. The quantitative estimate of drug-likeness (QED) is 0.451. The molecule has 3 rings (SSSR count). The molecule has 33 heavy (non-hydrogen) atoms. The van der Waals surface area contributed by atoms with Gasteiger partial charge in [0.1, 0.15) is 30.6 Å². The Hall–Kier alpha value is -2.72. The molecule has 0 bridgehead atoms. The van der Waals surface area contributed by atoms with E-state index in [1.54, 1.807) is 45.0 Å². The molecule has 2 atom stereocenters. The summed E-state index contributed by atoms with van der Waals surface area (Å²) in [6.07, 6.45) is -4.72. The fourth-order valence-corrected chi connectivity index (χ4v) is 5.56. The largest absolute Gasteiger partial charge is 0.489 e.